The van der Waals surface area contributed by atoms with E-state index >= 15 is 0 Å². The molecular formula is C21H19NO4. The third-order valence-electron chi connectivity index (χ3n) is 4.22. The summed E-state index contributed by atoms with van der Waals surface area (Å²) in [6, 6.07) is 18.8. The number of esters is 1. The van der Waals surface area contributed by atoms with Crippen LogP contribution in [0, 0.1) is 0 Å². The topological polar surface area (TPSA) is 75.6 Å². The van der Waals surface area contributed by atoms with E-state index in [2.05, 4.69) is 5.32 Å². The van der Waals surface area contributed by atoms with Crippen LogP contribution in [0.3, 0.4) is 0 Å². The zero-order valence-corrected chi connectivity index (χ0v) is 14.3. The highest BCUT2D eigenvalue weighted by molar-refractivity contribution is 5.97. The lowest BCUT2D eigenvalue weighted by Gasteiger charge is -2.18. The number of phenols is 1. The maximum atomic E-state index is 12.4. The average molecular weight is 349 g/mol. The van der Waals surface area contributed by atoms with Crippen molar-refractivity contribution in [2.24, 2.45) is 0 Å². The van der Waals surface area contributed by atoms with Gasteiger partial charge in [-0.25, -0.2) is 4.79 Å². The molecule has 132 valence electrons. The molecule has 5 nitrogen and oxygen atoms in total. The van der Waals surface area contributed by atoms with Crippen LogP contribution in [0.2, 0.25) is 0 Å². The number of hydrogen-bond acceptors (Lipinski definition) is 4. The molecule has 0 saturated carbocycles. The summed E-state index contributed by atoms with van der Waals surface area (Å²) >= 11 is 0. The van der Waals surface area contributed by atoms with Crippen LogP contribution in [0.15, 0.2) is 66.7 Å². The van der Waals surface area contributed by atoms with Gasteiger partial charge in [0.2, 0.25) is 0 Å². The van der Waals surface area contributed by atoms with E-state index < -0.39 is 17.9 Å². The number of nitrogens with one attached hydrogen (secondary N) is 1. The number of amides is 1. The Hall–Kier alpha value is -3.34. The number of ether oxygens (including phenoxy) is 1. The van der Waals surface area contributed by atoms with E-state index in [0.717, 1.165) is 16.3 Å². The summed E-state index contributed by atoms with van der Waals surface area (Å²) in [6.45, 7) is 0. The second kappa shape index (κ2) is 7.70. The van der Waals surface area contributed by atoms with Gasteiger partial charge in [-0.15, -0.1) is 0 Å². The van der Waals surface area contributed by atoms with Crippen molar-refractivity contribution in [3.63, 3.8) is 0 Å². The number of fused-ring (bicyclic) bond motifs is 1. The number of carbonyl (C=O) groups excluding carboxylic acids is 2. The molecule has 2 N–H and O–H groups in total. The number of rotatable bonds is 5. The molecule has 0 spiro atoms. The maximum absolute atomic E-state index is 12.4. The van der Waals surface area contributed by atoms with Crippen LogP contribution in [-0.4, -0.2) is 30.1 Å². The molecule has 0 bridgehead atoms. The molecular weight excluding hydrogens is 330 g/mol. The van der Waals surface area contributed by atoms with E-state index in [9.17, 15) is 14.7 Å². The smallest absolute Gasteiger partial charge is 0.328 e. The number of hydrogen-bond donors (Lipinski definition) is 2. The normalized spacial score (nSPS) is 11.7. The van der Waals surface area contributed by atoms with Gasteiger partial charge in [0, 0.05) is 12.0 Å². The minimum atomic E-state index is -0.813. The summed E-state index contributed by atoms with van der Waals surface area (Å²) in [5.74, 6) is -0.840. The molecule has 3 aromatic carbocycles. The number of benzene rings is 3. The third kappa shape index (κ3) is 3.83. The van der Waals surface area contributed by atoms with E-state index in [4.69, 9.17) is 4.74 Å². The van der Waals surface area contributed by atoms with Crippen LogP contribution in [0.1, 0.15) is 15.9 Å². The fourth-order valence-electron chi connectivity index (χ4n) is 2.88. The monoisotopic (exact) mass is 349 g/mol. The molecule has 3 aromatic rings. The van der Waals surface area contributed by atoms with Gasteiger partial charge in [-0.3, -0.25) is 4.79 Å². The van der Waals surface area contributed by atoms with Crippen LogP contribution < -0.4 is 5.32 Å². The standard InChI is InChI=1S/C21H19NO4/c1-26-21(25)19(22-20(24)15-9-11-17(23)12-10-15)13-16-7-4-6-14-5-2-3-8-18(14)16/h2-12,19,23H,13H2,1H3,(H,22,24)/t19-/m1/s1. The molecule has 26 heavy (non-hydrogen) atoms. The zero-order chi connectivity index (χ0) is 18.5. The molecule has 0 aliphatic rings. The van der Waals surface area contributed by atoms with Gasteiger partial charge in [0.1, 0.15) is 11.8 Å². The first-order valence-corrected chi connectivity index (χ1v) is 8.23. The van der Waals surface area contributed by atoms with Gasteiger partial charge in [-0.1, -0.05) is 42.5 Å². The molecule has 5 heteroatoms. The Labute approximate surface area is 151 Å². The van der Waals surface area contributed by atoms with Crippen molar-refractivity contribution in [3.8, 4) is 5.75 Å². The summed E-state index contributed by atoms with van der Waals surface area (Å²) in [5.41, 5.74) is 1.30. The van der Waals surface area contributed by atoms with E-state index in [1.807, 2.05) is 42.5 Å². The predicted molar refractivity (Wildman–Crippen MR) is 99.0 cm³/mol. The van der Waals surface area contributed by atoms with Crippen LogP contribution in [0.25, 0.3) is 10.8 Å². The highest BCUT2D eigenvalue weighted by Gasteiger charge is 2.23. The molecule has 0 unspecified atom stereocenters. The Morgan fingerprint density at radius 2 is 1.69 bits per heavy atom. The zero-order valence-electron chi connectivity index (χ0n) is 14.3. The van der Waals surface area contributed by atoms with Crippen LogP contribution in [-0.2, 0) is 16.0 Å². The van der Waals surface area contributed by atoms with Gasteiger partial charge in [-0.05, 0) is 40.6 Å². The Balaban J connectivity index is 1.85. The van der Waals surface area contributed by atoms with E-state index in [1.54, 1.807) is 0 Å². The Morgan fingerprint density at radius 3 is 2.42 bits per heavy atom. The molecule has 0 saturated heterocycles. The largest absolute Gasteiger partial charge is 0.508 e. The quantitative estimate of drug-likeness (QED) is 0.694. The average Bonchev–Trinajstić information content (AvgIpc) is 2.67. The van der Waals surface area contributed by atoms with Gasteiger partial charge in [0.05, 0.1) is 7.11 Å². The van der Waals surface area contributed by atoms with Gasteiger partial charge in [0.15, 0.2) is 0 Å². The molecule has 0 aromatic heterocycles. The summed E-state index contributed by atoms with van der Waals surface area (Å²) < 4.78 is 4.86. The van der Waals surface area contributed by atoms with Crippen LogP contribution in [0.5, 0.6) is 5.75 Å². The lowest BCUT2D eigenvalue weighted by atomic mass is 9.98. The second-order valence-electron chi connectivity index (χ2n) is 5.94. The number of phenolic OH excluding ortho intramolecular Hbond substituents is 1. The van der Waals surface area contributed by atoms with Crippen molar-refractivity contribution in [1.29, 1.82) is 0 Å². The van der Waals surface area contributed by atoms with Crippen molar-refractivity contribution in [1.82, 2.24) is 5.32 Å². The molecule has 0 aliphatic heterocycles. The first-order chi connectivity index (χ1) is 12.6. The third-order valence-corrected chi connectivity index (χ3v) is 4.22. The number of aromatic hydroxyl groups is 1. The molecule has 1 atom stereocenters. The first kappa shape index (κ1) is 17.5. The predicted octanol–water partition coefficient (Wildman–Crippen LogP) is 3.06. The highest BCUT2D eigenvalue weighted by Crippen LogP contribution is 2.20. The number of methoxy groups -OCH3 is 1. The molecule has 0 fully saturated rings. The number of carbonyl (C=O) groups is 2. The van der Waals surface area contributed by atoms with Crippen LogP contribution in [0.4, 0.5) is 0 Å². The Bertz CT molecular complexity index is 929. The summed E-state index contributed by atoms with van der Waals surface area (Å²) in [5, 5.41) is 14.2. The Kier molecular flexibility index (Phi) is 5.17. The second-order valence-corrected chi connectivity index (χ2v) is 5.94. The van der Waals surface area contributed by atoms with Gasteiger partial charge in [0.25, 0.3) is 5.91 Å². The van der Waals surface area contributed by atoms with E-state index in [0.29, 0.717) is 12.0 Å². The van der Waals surface area contributed by atoms with Crippen molar-refractivity contribution >= 4 is 22.6 Å². The minimum Gasteiger partial charge on any atom is -0.508 e. The van der Waals surface area contributed by atoms with E-state index in [-0.39, 0.29) is 5.75 Å². The molecule has 0 radical (unpaired) electrons. The summed E-state index contributed by atoms with van der Waals surface area (Å²) in [4.78, 5) is 24.6. The van der Waals surface area contributed by atoms with Gasteiger partial charge in [-0.2, -0.15) is 0 Å². The Morgan fingerprint density at radius 1 is 1.00 bits per heavy atom. The highest BCUT2D eigenvalue weighted by atomic mass is 16.5. The summed E-state index contributed by atoms with van der Waals surface area (Å²) in [6.07, 6.45) is 0.317. The van der Waals surface area contributed by atoms with Crippen molar-refractivity contribution in [3.05, 3.63) is 77.9 Å². The fraction of sp³-hybridized carbons (Fsp3) is 0.143. The fourth-order valence-corrected chi connectivity index (χ4v) is 2.88. The minimum absolute atomic E-state index is 0.0711. The van der Waals surface area contributed by atoms with Crippen molar-refractivity contribution < 1.29 is 19.4 Å². The molecule has 0 heterocycles. The lowest BCUT2D eigenvalue weighted by Crippen LogP contribution is -2.43. The maximum Gasteiger partial charge on any atom is 0.328 e. The summed E-state index contributed by atoms with van der Waals surface area (Å²) in [7, 11) is 1.30. The SMILES string of the molecule is COC(=O)[C@@H](Cc1cccc2ccccc12)NC(=O)c1ccc(O)cc1. The van der Waals surface area contributed by atoms with E-state index in [1.165, 1.54) is 31.4 Å². The molecule has 1 amide bonds. The molecule has 0 aliphatic carbocycles. The van der Waals surface area contributed by atoms with Gasteiger partial charge < -0.3 is 15.2 Å². The van der Waals surface area contributed by atoms with Crippen molar-refractivity contribution in [2.75, 3.05) is 7.11 Å². The lowest BCUT2D eigenvalue weighted by molar-refractivity contribution is -0.142. The van der Waals surface area contributed by atoms with Gasteiger partial charge >= 0.3 is 5.97 Å². The molecule has 3 rings (SSSR count). The van der Waals surface area contributed by atoms with Crippen LogP contribution >= 0.6 is 0 Å². The van der Waals surface area contributed by atoms with Crippen molar-refractivity contribution in [2.45, 2.75) is 12.5 Å². The first-order valence-electron chi connectivity index (χ1n) is 8.23.